The van der Waals surface area contributed by atoms with Crippen molar-refractivity contribution in [2.24, 2.45) is 13.0 Å². The molecule has 0 aliphatic carbocycles. The first kappa shape index (κ1) is 14.6. The fraction of sp³-hybridized carbons (Fsp3) is 0.375. The van der Waals surface area contributed by atoms with Crippen molar-refractivity contribution in [2.45, 2.75) is 6.42 Å². The predicted molar refractivity (Wildman–Crippen MR) is 84.0 cm³/mol. The van der Waals surface area contributed by atoms with Crippen molar-refractivity contribution in [2.75, 3.05) is 25.0 Å². The van der Waals surface area contributed by atoms with E-state index < -0.39 is 0 Å². The standard InChI is InChI=1S/C16H20N4O2/c1-19-10-15(8-17-19)18-14-4-2-3-13(7-14)16(22)20-6-5-12(9-20)11-21/h2-4,7-8,10,12,18,21H,5-6,9,11H2,1H3. The van der Waals surface area contributed by atoms with Gasteiger partial charge in [-0.3, -0.25) is 9.48 Å². The molecule has 1 saturated heterocycles. The monoisotopic (exact) mass is 300 g/mol. The van der Waals surface area contributed by atoms with Crippen LogP contribution in [0.25, 0.3) is 0 Å². The van der Waals surface area contributed by atoms with Crippen molar-refractivity contribution >= 4 is 17.3 Å². The molecule has 1 fully saturated rings. The largest absolute Gasteiger partial charge is 0.396 e. The summed E-state index contributed by atoms with van der Waals surface area (Å²) in [5.74, 6) is 0.228. The number of hydrogen-bond acceptors (Lipinski definition) is 4. The molecule has 0 spiro atoms. The Kier molecular flexibility index (Phi) is 4.11. The van der Waals surface area contributed by atoms with E-state index in [-0.39, 0.29) is 18.4 Å². The minimum atomic E-state index is 0.0192. The number of carbonyl (C=O) groups excluding carboxylic acids is 1. The summed E-state index contributed by atoms with van der Waals surface area (Å²) in [5.41, 5.74) is 2.40. The molecule has 6 heteroatoms. The lowest BCUT2D eigenvalue weighted by molar-refractivity contribution is 0.0782. The second-order valence-electron chi connectivity index (χ2n) is 5.70. The Morgan fingerprint density at radius 1 is 1.45 bits per heavy atom. The average Bonchev–Trinajstić information content (AvgIpc) is 3.16. The van der Waals surface area contributed by atoms with E-state index in [1.54, 1.807) is 10.9 Å². The van der Waals surface area contributed by atoms with Crippen LogP contribution in [0.5, 0.6) is 0 Å². The first-order valence-corrected chi connectivity index (χ1v) is 7.41. The third kappa shape index (κ3) is 3.12. The molecule has 2 heterocycles. The van der Waals surface area contributed by atoms with Crippen molar-refractivity contribution in [1.82, 2.24) is 14.7 Å². The van der Waals surface area contributed by atoms with Crippen LogP contribution < -0.4 is 5.32 Å². The number of hydrogen-bond donors (Lipinski definition) is 2. The van der Waals surface area contributed by atoms with Crippen LogP contribution >= 0.6 is 0 Å². The summed E-state index contributed by atoms with van der Waals surface area (Å²) in [4.78, 5) is 14.3. The number of carbonyl (C=O) groups is 1. The minimum Gasteiger partial charge on any atom is -0.396 e. The Hall–Kier alpha value is -2.34. The van der Waals surface area contributed by atoms with Crippen LogP contribution in [0.15, 0.2) is 36.7 Å². The Morgan fingerprint density at radius 3 is 3.00 bits per heavy atom. The van der Waals surface area contributed by atoms with E-state index in [9.17, 15) is 9.90 Å². The van der Waals surface area contributed by atoms with Gasteiger partial charge in [-0.15, -0.1) is 0 Å². The minimum absolute atomic E-state index is 0.0192. The van der Waals surface area contributed by atoms with Gasteiger partial charge >= 0.3 is 0 Å². The van der Waals surface area contributed by atoms with E-state index in [1.807, 2.05) is 42.4 Å². The van der Waals surface area contributed by atoms with Crippen LogP contribution in [0.2, 0.25) is 0 Å². The molecule has 1 aliphatic heterocycles. The molecule has 1 amide bonds. The Morgan fingerprint density at radius 2 is 2.32 bits per heavy atom. The maximum absolute atomic E-state index is 12.5. The fourth-order valence-electron chi connectivity index (χ4n) is 2.73. The lowest BCUT2D eigenvalue weighted by Gasteiger charge is -2.16. The van der Waals surface area contributed by atoms with Crippen LogP contribution in [-0.2, 0) is 7.05 Å². The third-order valence-corrected chi connectivity index (χ3v) is 3.93. The summed E-state index contributed by atoms with van der Waals surface area (Å²) in [6.07, 6.45) is 4.48. The molecule has 6 nitrogen and oxygen atoms in total. The Labute approximate surface area is 129 Å². The summed E-state index contributed by atoms with van der Waals surface area (Å²) >= 11 is 0. The second kappa shape index (κ2) is 6.19. The normalized spacial score (nSPS) is 17.7. The first-order chi connectivity index (χ1) is 10.7. The zero-order valence-corrected chi connectivity index (χ0v) is 12.6. The summed E-state index contributed by atoms with van der Waals surface area (Å²) in [6.45, 7) is 1.49. The van der Waals surface area contributed by atoms with Gasteiger partial charge in [0.25, 0.3) is 5.91 Å². The van der Waals surface area contributed by atoms with E-state index in [4.69, 9.17) is 0 Å². The van der Waals surface area contributed by atoms with Crippen molar-refractivity contribution < 1.29 is 9.90 Å². The smallest absolute Gasteiger partial charge is 0.253 e. The van der Waals surface area contributed by atoms with Gasteiger partial charge in [0.05, 0.1) is 11.9 Å². The number of nitrogens with one attached hydrogen (secondary N) is 1. The highest BCUT2D eigenvalue weighted by Crippen LogP contribution is 2.21. The van der Waals surface area contributed by atoms with Crippen molar-refractivity contribution in [1.29, 1.82) is 0 Å². The quantitative estimate of drug-likeness (QED) is 0.900. The van der Waals surface area contributed by atoms with Gasteiger partial charge < -0.3 is 15.3 Å². The van der Waals surface area contributed by atoms with Crippen LogP contribution in [-0.4, -0.2) is 45.4 Å². The first-order valence-electron chi connectivity index (χ1n) is 7.41. The molecule has 0 bridgehead atoms. The van der Waals surface area contributed by atoms with Crippen molar-refractivity contribution in [3.05, 3.63) is 42.2 Å². The van der Waals surface area contributed by atoms with Gasteiger partial charge in [0.1, 0.15) is 0 Å². The number of benzene rings is 1. The second-order valence-corrected chi connectivity index (χ2v) is 5.70. The molecule has 116 valence electrons. The number of aliphatic hydroxyl groups excluding tert-OH is 1. The number of anilines is 2. The highest BCUT2D eigenvalue weighted by Gasteiger charge is 2.26. The van der Waals surface area contributed by atoms with Gasteiger partial charge in [-0.2, -0.15) is 5.10 Å². The number of aromatic nitrogens is 2. The SMILES string of the molecule is Cn1cc(Nc2cccc(C(=O)N3CCC(CO)C3)c2)cn1. The fourth-order valence-corrected chi connectivity index (χ4v) is 2.73. The topological polar surface area (TPSA) is 70.4 Å². The molecule has 2 N–H and O–H groups in total. The molecule has 0 saturated carbocycles. The van der Waals surface area contributed by atoms with Gasteiger partial charge in [0.2, 0.25) is 0 Å². The molecule has 0 radical (unpaired) electrons. The lowest BCUT2D eigenvalue weighted by Crippen LogP contribution is -2.29. The molecule has 22 heavy (non-hydrogen) atoms. The molecule has 1 unspecified atom stereocenters. The van der Waals surface area contributed by atoms with E-state index in [0.29, 0.717) is 18.7 Å². The number of aryl methyl sites for hydroxylation is 1. The van der Waals surface area contributed by atoms with Gasteiger partial charge in [-0.1, -0.05) is 6.07 Å². The van der Waals surface area contributed by atoms with Crippen LogP contribution in [0.3, 0.4) is 0 Å². The van der Waals surface area contributed by atoms with E-state index in [1.165, 1.54) is 0 Å². The summed E-state index contributed by atoms with van der Waals surface area (Å²) < 4.78 is 1.72. The number of rotatable bonds is 4. The summed E-state index contributed by atoms with van der Waals surface area (Å²) in [6, 6.07) is 7.46. The predicted octanol–water partition coefficient (Wildman–Crippen LogP) is 1.62. The molecule has 1 atom stereocenters. The molecule has 1 aromatic carbocycles. The lowest BCUT2D eigenvalue weighted by atomic mass is 10.1. The third-order valence-electron chi connectivity index (χ3n) is 3.93. The number of amides is 1. The zero-order chi connectivity index (χ0) is 15.5. The average molecular weight is 300 g/mol. The molecule has 1 aliphatic rings. The maximum atomic E-state index is 12.5. The van der Waals surface area contributed by atoms with E-state index in [2.05, 4.69) is 10.4 Å². The Bertz CT molecular complexity index is 668. The molecule has 1 aromatic heterocycles. The molecule has 2 aromatic rings. The molecule has 3 rings (SSSR count). The van der Waals surface area contributed by atoms with Gasteiger partial charge in [-0.25, -0.2) is 0 Å². The molecular formula is C16H20N4O2. The van der Waals surface area contributed by atoms with Crippen LogP contribution in [0.4, 0.5) is 11.4 Å². The van der Waals surface area contributed by atoms with Crippen LogP contribution in [0, 0.1) is 5.92 Å². The van der Waals surface area contributed by atoms with E-state index >= 15 is 0 Å². The van der Waals surface area contributed by atoms with Gasteiger partial charge in [0, 0.05) is 50.1 Å². The van der Waals surface area contributed by atoms with Crippen molar-refractivity contribution in [3.63, 3.8) is 0 Å². The summed E-state index contributed by atoms with van der Waals surface area (Å²) in [5, 5.41) is 16.5. The number of likely N-dealkylation sites (tertiary alicyclic amines) is 1. The number of nitrogens with zero attached hydrogens (tertiary/aromatic N) is 3. The van der Waals surface area contributed by atoms with Gasteiger partial charge in [0.15, 0.2) is 0 Å². The number of aliphatic hydroxyl groups is 1. The highest BCUT2D eigenvalue weighted by molar-refractivity contribution is 5.95. The van der Waals surface area contributed by atoms with Crippen molar-refractivity contribution in [3.8, 4) is 0 Å². The summed E-state index contributed by atoms with van der Waals surface area (Å²) in [7, 11) is 1.86. The molecular weight excluding hydrogens is 280 g/mol. The van der Waals surface area contributed by atoms with Gasteiger partial charge in [-0.05, 0) is 24.6 Å². The van der Waals surface area contributed by atoms with Crippen LogP contribution in [0.1, 0.15) is 16.8 Å². The zero-order valence-electron chi connectivity index (χ0n) is 12.6. The maximum Gasteiger partial charge on any atom is 0.253 e. The van der Waals surface area contributed by atoms with E-state index in [0.717, 1.165) is 17.8 Å². The highest BCUT2D eigenvalue weighted by atomic mass is 16.3. The Balaban J connectivity index is 1.72.